The molecule has 0 spiro atoms. The number of ether oxygens (including phenoxy) is 1. The van der Waals surface area contributed by atoms with Crippen LogP contribution in [0.2, 0.25) is 0 Å². The highest BCUT2D eigenvalue weighted by molar-refractivity contribution is 7.88. The van der Waals surface area contributed by atoms with Crippen LogP contribution in [0.15, 0.2) is 48.5 Å². The second-order valence-corrected chi connectivity index (χ2v) is 9.04. The van der Waals surface area contributed by atoms with E-state index < -0.39 is 10.0 Å². The molecule has 0 heterocycles. The van der Waals surface area contributed by atoms with Crippen LogP contribution in [0.25, 0.3) is 0 Å². The number of benzene rings is 2. The van der Waals surface area contributed by atoms with Crippen LogP contribution in [-0.2, 0) is 21.4 Å². The number of para-hydroxylation sites is 1. The lowest BCUT2D eigenvalue weighted by Crippen LogP contribution is -2.44. The molecule has 7 heteroatoms. The summed E-state index contributed by atoms with van der Waals surface area (Å²) in [5.41, 5.74) is 2.94. The number of rotatable bonds is 9. The Kier molecular flexibility index (Phi) is 7.60. The summed E-state index contributed by atoms with van der Waals surface area (Å²) in [7, 11) is -3.52. The summed E-state index contributed by atoms with van der Waals surface area (Å²) in [5, 5.41) is 2.80. The van der Waals surface area contributed by atoms with Crippen LogP contribution in [0.1, 0.15) is 23.6 Å². The molecule has 2 rings (SSSR count). The fourth-order valence-electron chi connectivity index (χ4n) is 2.64. The van der Waals surface area contributed by atoms with Crippen LogP contribution >= 0.6 is 0 Å². The van der Waals surface area contributed by atoms with Crippen molar-refractivity contribution in [2.45, 2.75) is 33.4 Å². The van der Waals surface area contributed by atoms with Crippen LogP contribution in [0.4, 0.5) is 0 Å². The monoisotopic (exact) mass is 404 g/mol. The molecule has 1 N–H and O–H groups in total. The predicted molar refractivity (Wildman–Crippen MR) is 111 cm³/mol. The van der Waals surface area contributed by atoms with E-state index in [1.807, 2.05) is 69.3 Å². The van der Waals surface area contributed by atoms with Crippen LogP contribution in [0.3, 0.4) is 0 Å². The maximum Gasteiger partial charge on any atom is 0.235 e. The van der Waals surface area contributed by atoms with Crippen LogP contribution in [-0.4, -0.2) is 44.1 Å². The van der Waals surface area contributed by atoms with Gasteiger partial charge in [0.2, 0.25) is 15.9 Å². The molecule has 0 fully saturated rings. The fraction of sp³-hybridized carbons (Fsp3) is 0.381. The molecule has 1 unspecified atom stereocenters. The lowest BCUT2D eigenvalue weighted by atomic mass is 10.1. The Morgan fingerprint density at radius 3 is 2.36 bits per heavy atom. The van der Waals surface area contributed by atoms with E-state index in [-0.39, 0.29) is 25.0 Å². The number of hydrogen-bond acceptors (Lipinski definition) is 4. The second kappa shape index (κ2) is 9.71. The molecule has 152 valence electrons. The molecule has 0 saturated heterocycles. The molecule has 0 radical (unpaired) electrons. The third kappa shape index (κ3) is 6.98. The van der Waals surface area contributed by atoms with Crippen LogP contribution in [0, 0.1) is 13.8 Å². The van der Waals surface area contributed by atoms with Crippen molar-refractivity contribution in [2.75, 3.05) is 19.4 Å². The van der Waals surface area contributed by atoms with E-state index in [0.717, 1.165) is 28.7 Å². The molecule has 0 aliphatic rings. The smallest absolute Gasteiger partial charge is 0.235 e. The van der Waals surface area contributed by atoms with E-state index in [9.17, 15) is 13.2 Å². The van der Waals surface area contributed by atoms with Gasteiger partial charge in [0.05, 0.1) is 18.8 Å². The number of nitrogens with one attached hydrogen (secondary N) is 1. The van der Waals surface area contributed by atoms with Gasteiger partial charge in [0.1, 0.15) is 12.4 Å². The summed E-state index contributed by atoms with van der Waals surface area (Å²) in [6.07, 6.45) is 1.11. The number of aryl methyl sites for hydroxylation is 2. The Morgan fingerprint density at radius 1 is 1.11 bits per heavy atom. The van der Waals surface area contributed by atoms with Crippen molar-refractivity contribution in [3.63, 3.8) is 0 Å². The zero-order chi connectivity index (χ0) is 20.7. The van der Waals surface area contributed by atoms with Crippen molar-refractivity contribution in [3.8, 4) is 5.75 Å². The molecular weight excluding hydrogens is 376 g/mol. The van der Waals surface area contributed by atoms with Gasteiger partial charge >= 0.3 is 0 Å². The highest BCUT2D eigenvalue weighted by Crippen LogP contribution is 2.16. The van der Waals surface area contributed by atoms with Crippen molar-refractivity contribution < 1.29 is 17.9 Å². The Balaban J connectivity index is 1.91. The molecule has 0 aromatic heterocycles. The molecule has 1 amide bonds. The highest BCUT2D eigenvalue weighted by atomic mass is 32.2. The van der Waals surface area contributed by atoms with Gasteiger partial charge in [0.25, 0.3) is 0 Å². The van der Waals surface area contributed by atoms with E-state index in [1.165, 1.54) is 4.31 Å². The van der Waals surface area contributed by atoms with Crippen molar-refractivity contribution in [3.05, 3.63) is 65.2 Å². The Labute approximate surface area is 167 Å². The number of sulfonamides is 1. The topological polar surface area (TPSA) is 75.7 Å². The zero-order valence-electron chi connectivity index (χ0n) is 16.8. The molecule has 1 atom stereocenters. The van der Waals surface area contributed by atoms with Gasteiger partial charge in [-0.2, -0.15) is 4.31 Å². The van der Waals surface area contributed by atoms with Gasteiger partial charge in [-0.05, 0) is 38.0 Å². The lowest BCUT2D eigenvalue weighted by molar-refractivity contribution is -0.122. The summed E-state index contributed by atoms with van der Waals surface area (Å²) in [6, 6.07) is 15.0. The fourth-order valence-corrected chi connectivity index (χ4v) is 3.38. The summed E-state index contributed by atoms with van der Waals surface area (Å²) in [5.74, 6) is 0.402. The molecule has 2 aromatic rings. The van der Waals surface area contributed by atoms with Gasteiger partial charge in [-0.3, -0.25) is 4.79 Å². The molecule has 2 aromatic carbocycles. The summed E-state index contributed by atoms with van der Waals surface area (Å²) < 4.78 is 31.1. The van der Waals surface area contributed by atoms with Crippen molar-refractivity contribution in [1.82, 2.24) is 9.62 Å². The minimum absolute atomic E-state index is 0.153. The summed E-state index contributed by atoms with van der Waals surface area (Å²) in [4.78, 5) is 12.4. The Bertz CT molecular complexity index is 895. The Hall–Kier alpha value is -2.38. The Morgan fingerprint density at radius 2 is 1.75 bits per heavy atom. The first-order valence-electron chi connectivity index (χ1n) is 9.13. The first kappa shape index (κ1) is 21.9. The van der Waals surface area contributed by atoms with Gasteiger partial charge in [-0.15, -0.1) is 0 Å². The van der Waals surface area contributed by atoms with E-state index in [4.69, 9.17) is 4.74 Å². The first-order chi connectivity index (χ1) is 13.1. The van der Waals surface area contributed by atoms with E-state index in [2.05, 4.69) is 5.32 Å². The average molecular weight is 405 g/mol. The summed E-state index contributed by atoms with van der Waals surface area (Å²) in [6.45, 7) is 5.95. The van der Waals surface area contributed by atoms with Gasteiger partial charge in [-0.25, -0.2) is 8.42 Å². The average Bonchev–Trinajstić information content (AvgIpc) is 2.61. The van der Waals surface area contributed by atoms with Crippen molar-refractivity contribution >= 4 is 15.9 Å². The molecular formula is C21H28N2O4S. The normalized spacial score (nSPS) is 12.6. The largest absolute Gasteiger partial charge is 0.491 e. The van der Waals surface area contributed by atoms with E-state index in [1.54, 1.807) is 0 Å². The standard InChI is InChI=1S/C21H28N2O4S/c1-16-9-11-19(12-10-16)13-23(28(4,25)26)14-21(24)22-18(3)15-27-20-8-6-5-7-17(20)2/h5-12,18H,13-15H2,1-4H3,(H,22,24). The van der Waals surface area contributed by atoms with E-state index >= 15 is 0 Å². The molecule has 0 aliphatic carbocycles. The third-order valence-electron chi connectivity index (χ3n) is 4.26. The SMILES string of the molecule is Cc1ccc(CN(CC(=O)NC(C)COc2ccccc2C)S(C)(=O)=O)cc1. The second-order valence-electron chi connectivity index (χ2n) is 7.06. The highest BCUT2D eigenvalue weighted by Gasteiger charge is 2.21. The van der Waals surface area contributed by atoms with Crippen molar-refractivity contribution in [1.29, 1.82) is 0 Å². The number of carbonyl (C=O) groups excluding carboxylic acids is 1. The third-order valence-corrected chi connectivity index (χ3v) is 5.45. The molecule has 0 aliphatic heterocycles. The lowest BCUT2D eigenvalue weighted by Gasteiger charge is -2.21. The minimum Gasteiger partial charge on any atom is -0.491 e. The minimum atomic E-state index is -3.52. The predicted octanol–water partition coefficient (Wildman–Crippen LogP) is 2.65. The quantitative estimate of drug-likeness (QED) is 0.697. The number of amides is 1. The van der Waals surface area contributed by atoms with E-state index in [0.29, 0.717) is 6.61 Å². The van der Waals surface area contributed by atoms with Crippen molar-refractivity contribution in [2.24, 2.45) is 0 Å². The van der Waals surface area contributed by atoms with Crippen LogP contribution in [0.5, 0.6) is 5.75 Å². The first-order valence-corrected chi connectivity index (χ1v) is 11.0. The molecule has 0 saturated carbocycles. The number of hydrogen-bond donors (Lipinski definition) is 1. The molecule has 0 bridgehead atoms. The van der Waals surface area contributed by atoms with Gasteiger partial charge < -0.3 is 10.1 Å². The molecule has 6 nitrogen and oxygen atoms in total. The maximum atomic E-state index is 12.4. The maximum absolute atomic E-state index is 12.4. The van der Waals surface area contributed by atoms with Crippen LogP contribution < -0.4 is 10.1 Å². The zero-order valence-corrected chi connectivity index (χ0v) is 17.6. The van der Waals surface area contributed by atoms with Gasteiger partial charge in [0.15, 0.2) is 0 Å². The number of carbonyl (C=O) groups is 1. The van der Waals surface area contributed by atoms with Gasteiger partial charge in [-0.1, -0.05) is 48.0 Å². The number of nitrogens with zero attached hydrogens (tertiary/aromatic N) is 1. The van der Waals surface area contributed by atoms with Gasteiger partial charge in [0, 0.05) is 6.54 Å². The molecule has 28 heavy (non-hydrogen) atoms. The summed E-state index contributed by atoms with van der Waals surface area (Å²) >= 11 is 0.